The topological polar surface area (TPSA) is 56.1 Å². The lowest BCUT2D eigenvalue weighted by Crippen LogP contribution is -2.40. The smallest absolute Gasteiger partial charge is 0.220 e. The molecule has 0 fully saturated rings. The van der Waals surface area contributed by atoms with Crippen molar-refractivity contribution in [3.63, 3.8) is 0 Å². The molecule has 0 aliphatic carbocycles. The average Bonchev–Trinajstić information content (AvgIpc) is 3.00. The molecule has 6 heteroatoms. The van der Waals surface area contributed by atoms with Crippen molar-refractivity contribution >= 4 is 0 Å². The summed E-state index contributed by atoms with van der Waals surface area (Å²) in [7, 11) is 0. The second-order valence-electron chi connectivity index (χ2n) is 6.32. The van der Waals surface area contributed by atoms with Gasteiger partial charge in [-0.25, -0.2) is 4.98 Å². The minimum absolute atomic E-state index is 0.181. The first-order valence-electron chi connectivity index (χ1n) is 7.85. The van der Waals surface area contributed by atoms with Gasteiger partial charge in [0.1, 0.15) is 11.9 Å². The molecule has 0 spiro atoms. The van der Waals surface area contributed by atoms with Gasteiger partial charge in [0, 0.05) is 37.3 Å². The summed E-state index contributed by atoms with van der Waals surface area (Å²) in [5, 5.41) is 4.51. The van der Waals surface area contributed by atoms with Crippen LogP contribution in [0.4, 0.5) is 0 Å². The van der Waals surface area contributed by atoms with Crippen molar-refractivity contribution in [1.82, 2.24) is 24.6 Å². The van der Waals surface area contributed by atoms with Crippen LogP contribution < -0.4 is 4.74 Å². The molecule has 0 saturated carbocycles. The van der Waals surface area contributed by atoms with Crippen LogP contribution in [-0.2, 0) is 19.5 Å². The van der Waals surface area contributed by atoms with E-state index < -0.39 is 0 Å². The van der Waals surface area contributed by atoms with Gasteiger partial charge < -0.3 is 4.74 Å². The third-order valence-electron chi connectivity index (χ3n) is 4.46. The Labute approximate surface area is 130 Å². The Morgan fingerprint density at radius 3 is 2.95 bits per heavy atom. The number of hydrogen-bond donors (Lipinski definition) is 0. The number of fused-ring (bicyclic) bond motifs is 2. The van der Waals surface area contributed by atoms with E-state index in [9.17, 15) is 0 Å². The van der Waals surface area contributed by atoms with Crippen LogP contribution in [0.2, 0.25) is 0 Å². The number of rotatable bonds is 2. The highest BCUT2D eigenvalue weighted by atomic mass is 16.5. The van der Waals surface area contributed by atoms with Gasteiger partial charge in [-0.1, -0.05) is 0 Å². The zero-order chi connectivity index (χ0) is 15.3. The van der Waals surface area contributed by atoms with Gasteiger partial charge in [-0.2, -0.15) is 10.1 Å². The molecule has 2 aromatic heterocycles. The molecule has 0 aromatic carbocycles. The van der Waals surface area contributed by atoms with Crippen molar-refractivity contribution in [2.24, 2.45) is 0 Å². The van der Waals surface area contributed by atoms with Crippen LogP contribution in [0.5, 0.6) is 5.88 Å². The van der Waals surface area contributed by atoms with Crippen molar-refractivity contribution < 1.29 is 4.74 Å². The first kappa shape index (κ1) is 13.7. The fourth-order valence-corrected chi connectivity index (χ4v) is 3.47. The van der Waals surface area contributed by atoms with Gasteiger partial charge in [0.15, 0.2) is 0 Å². The summed E-state index contributed by atoms with van der Waals surface area (Å²) in [6, 6.07) is 2.18. The zero-order valence-corrected chi connectivity index (χ0v) is 13.3. The molecular weight excluding hydrogens is 278 g/mol. The maximum Gasteiger partial charge on any atom is 0.220 e. The van der Waals surface area contributed by atoms with E-state index >= 15 is 0 Å². The molecule has 0 radical (unpaired) electrons. The summed E-state index contributed by atoms with van der Waals surface area (Å²) in [5.74, 6) is 1.57. The third kappa shape index (κ3) is 2.37. The number of nitrogens with zero attached hydrogens (tertiary/aromatic N) is 5. The average molecular weight is 299 g/mol. The number of aryl methyl sites for hydroxylation is 3. The lowest BCUT2D eigenvalue weighted by Gasteiger charge is -2.29. The molecule has 2 aliphatic heterocycles. The molecule has 0 unspecified atom stereocenters. The molecule has 6 nitrogen and oxygen atoms in total. The van der Waals surface area contributed by atoms with Crippen molar-refractivity contribution in [3.8, 4) is 5.88 Å². The maximum absolute atomic E-state index is 6.05. The Kier molecular flexibility index (Phi) is 3.14. The Bertz CT molecular complexity index is 724. The number of hydrogen-bond acceptors (Lipinski definition) is 5. The van der Waals surface area contributed by atoms with E-state index in [0.29, 0.717) is 0 Å². The van der Waals surface area contributed by atoms with Crippen LogP contribution >= 0.6 is 0 Å². The van der Waals surface area contributed by atoms with Crippen LogP contribution in [0.3, 0.4) is 0 Å². The van der Waals surface area contributed by atoms with E-state index in [1.54, 1.807) is 0 Å². The van der Waals surface area contributed by atoms with Crippen LogP contribution in [0, 0.1) is 20.8 Å². The second-order valence-corrected chi connectivity index (χ2v) is 6.32. The lowest BCUT2D eigenvalue weighted by atomic mass is 10.1. The number of ether oxygens (including phenoxy) is 1. The maximum atomic E-state index is 6.05. The van der Waals surface area contributed by atoms with Crippen LogP contribution in [-0.4, -0.2) is 43.8 Å². The molecule has 0 amide bonds. The second kappa shape index (κ2) is 5.05. The molecule has 2 aliphatic rings. The van der Waals surface area contributed by atoms with Crippen molar-refractivity contribution in [2.75, 3.05) is 13.1 Å². The van der Waals surface area contributed by atoms with E-state index in [-0.39, 0.29) is 6.10 Å². The number of aromatic nitrogens is 4. The molecule has 4 heterocycles. The minimum Gasteiger partial charge on any atom is -0.472 e. The summed E-state index contributed by atoms with van der Waals surface area (Å²) < 4.78 is 8.17. The fraction of sp³-hybridized carbons (Fsp3) is 0.562. The quantitative estimate of drug-likeness (QED) is 0.839. The summed E-state index contributed by atoms with van der Waals surface area (Å²) in [4.78, 5) is 11.3. The Hall–Kier alpha value is -1.95. The molecule has 0 bridgehead atoms. The van der Waals surface area contributed by atoms with Gasteiger partial charge in [-0.3, -0.25) is 9.58 Å². The van der Waals surface area contributed by atoms with Crippen LogP contribution in [0.25, 0.3) is 0 Å². The summed E-state index contributed by atoms with van der Waals surface area (Å²) in [6.45, 7) is 9.87. The molecule has 116 valence electrons. The van der Waals surface area contributed by atoms with Crippen LogP contribution in [0.15, 0.2) is 6.07 Å². The summed E-state index contributed by atoms with van der Waals surface area (Å²) in [6.07, 6.45) is 1.09. The summed E-state index contributed by atoms with van der Waals surface area (Å²) >= 11 is 0. The van der Waals surface area contributed by atoms with E-state index in [0.717, 1.165) is 55.7 Å². The third-order valence-corrected chi connectivity index (χ3v) is 4.46. The molecular formula is C16H21N5O. The normalized spacial score (nSPS) is 20.6. The molecule has 4 rings (SSSR count). The highest BCUT2D eigenvalue weighted by Crippen LogP contribution is 2.29. The van der Waals surface area contributed by atoms with Crippen molar-refractivity contribution in [3.05, 3.63) is 34.5 Å². The Morgan fingerprint density at radius 2 is 2.09 bits per heavy atom. The largest absolute Gasteiger partial charge is 0.472 e. The van der Waals surface area contributed by atoms with Gasteiger partial charge in [0.05, 0.1) is 17.9 Å². The van der Waals surface area contributed by atoms with Gasteiger partial charge in [-0.15, -0.1) is 0 Å². The van der Waals surface area contributed by atoms with Gasteiger partial charge in [0.25, 0.3) is 0 Å². The molecule has 0 N–H and O–H groups in total. The van der Waals surface area contributed by atoms with E-state index in [2.05, 4.69) is 37.6 Å². The van der Waals surface area contributed by atoms with Crippen molar-refractivity contribution in [1.29, 1.82) is 0 Å². The lowest BCUT2D eigenvalue weighted by molar-refractivity contribution is 0.124. The highest BCUT2D eigenvalue weighted by molar-refractivity contribution is 5.34. The Morgan fingerprint density at radius 1 is 1.23 bits per heavy atom. The SMILES string of the molecule is Cc1cc2n(n1)CCN(C[C@@H]1Cc3c(C)nc(C)nc3O1)C2. The Balaban J connectivity index is 1.45. The first-order chi connectivity index (χ1) is 10.6. The molecule has 22 heavy (non-hydrogen) atoms. The fourth-order valence-electron chi connectivity index (χ4n) is 3.47. The van der Waals surface area contributed by atoms with E-state index in [4.69, 9.17) is 4.74 Å². The molecule has 1 atom stereocenters. The molecule has 2 aromatic rings. The standard InChI is InChI=1S/C16H21N5O/c1-10-6-13-8-20(4-5-21(13)19-10)9-14-7-15-11(2)17-12(3)18-16(15)22-14/h6,14H,4-5,7-9H2,1-3H3/t14-/m0/s1. The minimum atomic E-state index is 0.181. The monoisotopic (exact) mass is 299 g/mol. The van der Waals surface area contributed by atoms with Gasteiger partial charge >= 0.3 is 0 Å². The van der Waals surface area contributed by atoms with E-state index in [1.165, 1.54) is 11.3 Å². The van der Waals surface area contributed by atoms with Crippen LogP contribution in [0.1, 0.15) is 28.5 Å². The predicted octanol–water partition coefficient (Wildman–Crippen LogP) is 1.42. The first-order valence-corrected chi connectivity index (χ1v) is 7.85. The van der Waals surface area contributed by atoms with Gasteiger partial charge in [0.2, 0.25) is 5.88 Å². The summed E-state index contributed by atoms with van der Waals surface area (Å²) in [5.41, 5.74) is 4.62. The highest BCUT2D eigenvalue weighted by Gasteiger charge is 2.29. The van der Waals surface area contributed by atoms with Gasteiger partial charge in [-0.05, 0) is 26.8 Å². The van der Waals surface area contributed by atoms with E-state index in [1.807, 2.05) is 13.8 Å². The molecule has 0 saturated heterocycles. The zero-order valence-electron chi connectivity index (χ0n) is 13.3. The van der Waals surface area contributed by atoms with Crippen molar-refractivity contribution in [2.45, 2.75) is 46.4 Å². The predicted molar refractivity (Wildman–Crippen MR) is 81.9 cm³/mol.